The minimum absolute atomic E-state index is 0.00136. The van der Waals surface area contributed by atoms with Crippen LogP contribution in [0.4, 0.5) is 0 Å². The Balaban J connectivity index is 2.74. The van der Waals surface area contributed by atoms with Crippen molar-refractivity contribution in [2.75, 3.05) is 33.2 Å². The summed E-state index contributed by atoms with van der Waals surface area (Å²) < 4.78 is 0. The summed E-state index contributed by atoms with van der Waals surface area (Å²) in [5, 5.41) is 5.92. The summed E-state index contributed by atoms with van der Waals surface area (Å²) in [5.41, 5.74) is 1.11. The lowest BCUT2D eigenvalue weighted by atomic mass is 10.1. The van der Waals surface area contributed by atoms with Crippen molar-refractivity contribution in [2.45, 2.75) is 33.1 Å². The van der Waals surface area contributed by atoms with Crippen LogP contribution in [-0.4, -0.2) is 49.9 Å². The minimum Gasteiger partial charge on any atom is -0.352 e. The van der Waals surface area contributed by atoms with Gasteiger partial charge in [0.05, 0.1) is 0 Å². The van der Waals surface area contributed by atoms with E-state index in [1.807, 2.05) is 11.9 Å². The molecule has 0 atom stereocenters. The molecule has 0 aliphatic heterocycles. The van der Waals surface area contributed by atoms with E-state index >= 15 is 0 Å². The minimum atomic E-state index is -0.131. The Morgan fingerprint density at radius 2 is 1.70 bits per heavy atom. The standard InChI is InChI=1S/C18H29N3O2/c1-4-12-21(13-5-2)18(23)16-9-6-8-15(14-16)17(22)20-11-7-10-19-3/h6,8-9,14,19H,4-5,7,10-13H2,1-3H3,(H,20,22). The second-order valence-electron chi connectivity index (χ2n) is 5.59. The number of hydrogen-bond donors (Lipinski definition) is 2. The van der Waals surface area contributed by atoms with Crippen LogP contribution in [-0.2, 0) is 0 Å². The van der Waals surface area contributed by atoms with Gasteiger partial charge < -0.3 is 15.5 Å². The number of carbonyl (C=O) groups is 2. The fourth-order valence-corrected chi connectivity index (χ4v) is 2.40. The molecule has 0 heterocycles. The van der Waals surface area contributed by atoms with E-state index in [9.17, 15) is 9.59 Å². The summed E-state index contributed by atoms with van der Waals surface area (Å²) in [6, 6.07) is 6.98. The van der Waals surface area contributed by atoms with Crippen molar-refractivity contribution in [2.24, 2.45) is 0 Å². The summed E-state index contributed by atoms with van der Waals surface area (Å²) >= 11 is 0. The van der Waals surface area contributed by atoms with Crippen LogP contribution in [0.2, 0.25) is 0 Å². The van der Waals surface area contributed by atoms with E-state index in [0.717, 1.165) is 38.9 Å². The smallest absolute Gasteiger partial charge is 0.253 e. The maximum atomic E-state index is 12.6. The van der Waals surface area contributed by atoms with Gasteiger partial charge in [0.2, 0.25) is 0 Å². The predicted octanol–water partition coefficient (Wildman–Crippen LogP) is 2.29. The molecule has 0 saturated carbocycles. The first-order valence-electron chi connectivity index (χ1n) is 8.46. The van der Waals surface area contributed by atoms with E-state index in [2.05, 4.69) is 24.5 Å². The largest absolute Gasteiger partial charge is 0.352 e. The van der Waals surface area contributed by atoms with Gasteiger partial charge in [-0.2, -0.15) is 0 Å². The number of benzene rings is 1. The molecule has 0 spiro atoms. The summed E-state index contributed by atoms with van der Waals surface area (Å²) in [6.45, 7) is 7.09. The molecule has 1 aromatic rings. The molecular formula is C18H29N3O2. The Labute approximate surface area is 139 Å². The van der Waals surface area contributed by atoms with Crippen LogP contribution in [0.3, 0.4) is 0 Å². The molecule has 5 heteroatoms. The Kier molecular flexibility index (Phi) is 8.98. The normalized spacial score (nSPS) is 10.4. The van der Waals surface area contributed by atoms with Crippen LogP contribution in [0.15, 0.2) is 24.3 Å². The highest BCUT2D eigenvalue weighted by molar-refractivity contribution is 5.99. The summed E-state index contributed by atoms with van der Waals surface area (Å²) in [6.07, 6.45) is 2.73. The quantitative estimate of drug-likeness (QED) is 0.651. The van der Waals surface area contributed by atoms with E-state index in [-0.39, 0.29) is 11.8 Å². The molecule has 23 heavy (non-hydrogen) atoms. The summed E-state index contributed by atoms with van der Waals surface area (Å²) in [5.74, 6) is -0.133. The van der Waals surface area contributed by atoms with Gasteiger partial charge in [0, 0.05) is 30.8 Å². The van der Waals surface area contributed by atoms with Crippen LogP contribution in [0, 0.1) is 0 Å². The van der Waals surface area contributed by atoms with E-state index in [1.165, 1.54) is 0 Å². The second-order valence-corrected chi connectivity index (χ2v) is 5.59. The molecule has 0 aromatic heterocycles. The molecule has 2 N–H and O–H groups in total. The van der Waals surface area contributed by atoms with E-state index in [0.29, 0.717) is 17.7 Å². The monoisotopic (exact) mass is 319 g/mol. The van der Waals surface area contributed by atoms with Crippen molar-refractivity contribution in [3.8, 4) is 0 Å². The first kappa shape index (κ1) is 19.2. The highest BCUT2D eigenvalue weighted by Gasteiger charge is 2.15. The van der Waals surface area contributed by atoms with Crippen LogP contribution >= 0.6 is 0 Å². The van der Waals surface area contributed by atoms with E-state index in [1.54, 1.807) is 24.3 Å². The van der Waals surface area contributed by atoms with Crippen molar-refractivity contribution in [1.82, 2.24) is 15.5 Å². The van der Waals surface area contributed by atoms with Crippen LogP contribution in [0.1, 0.15) is 53.8 Å². The Morgan fingerprint density at radius 1 is 1.04 bits per heavy atom. The number of nitrogens with zero attached hydrogens (tertiary/aromatic N) is 1. The second kappa shape index (κ2) is 10.8. The van der Waals surface area contributed by atoms with E-state index in [4.69, 9.17) is 0 Å². The fourth-order valence-electron chi connectivity index (χ4n) is 2.40. The predicted molar refractivity (Wildman–Crippen MR) is 93.8 cm³/mol. The van der Waals surface area contributed by atoms with Crippen molar-refractivity contribution in [3.05, 3.63) is 35.4 Å². The first-order chi connectivity index (χ1) is 11.1. The number of nitrogens with one attached hydrogen (secondary N) is 2. The molecule has 2 amide bonds. The zero-order valence-electron chi connectivity index (χ0n) is 14.5. The fraction of sp³-hybridized carbons (Fsp3) is 0.556. The lowest BCUT2D eigenvalue weighted by Gasteiger charge is -2.21. The van der Waals surface area contributed by atoms with Crippen molar-refractivity contribution >= 4 is 11.8 Å². The van der Waals surface area contributed by atoms with Gasteiger partial charge in [-0.15, -0.1) is 0 Å². The SMILES string of the molecule is CCCN(CCC)C(=O)c1cccc(C(=O)NCCCNC)c1. The maximum absolute atomic E-state index is 12.6. The Hall–Kier alpha value is -1.88. The molecule has 0 radical (unpaired) electrons. The molecule has 0 fully saturated rings. The van der Waals surface area contributed by atoms with Crippen molar-refractivity contribution < 1.29 is 9.59 Å². The number of amides is 2. The molecule has 1 rings (SSSR count). The van der Waals surface area contributed by atoms with Gasteiger partial charge in [-0.25, -0.2) is 0 Å². The van der Waals surface area contributed by atoms with Gasteiger partial charge in [-0.3, -0.25) is 9.59 Å². The van der Waals surface area contributed by atoms with Crippen molar-refractivity contribution in [1.29, 1.82) is 0 Å². The molecular weight excluding hydrogens is 290 g/mol. The molecule has 0 aliphatic carbocycles. The summed E-state index contributed by atoms with van der Waals surface area (Å²) in [4.78, 5) is 26.6. The maximum Gasteiger partial charge on any atom is 0.253 e. The van der Waals surface area contributed by atoms with Gasteiger partial charge in [0.25, 0.3) is 11.8 Å². The number of hydrogen-bond acceptors (Lipinski definition) is 3. The van der Waals surface area contributed by atoms with Gasteiger partial charge >= 0.3 is 0 Å². The Bertz CT molecular complexity index is 497. The molecule has 0 aliphatic rings. The van der Waals surface area contributed by atoms with E-state index < -0.39 is 0 Å². The summed E-state index contributed by atoms with van der Waals surface area (Å²) in [7, 11) is 1.88. The molecule has 0 saturated heterocycles. The molecule has 5 nitrogen and oxygen atoms in total. The lowest BCUT2D eigenvalue weighted by Crippen LogP contribution is -2.33. The van der Waals surface area contributed by atoms with Gasteiger partial charge in [0.15, 0.2) is 0 Å². The molecule has 1 aromatic carbocycles. The number of carbonyl (C=O) groups excluding carboxylic acids is 2. The topological polar surface area (TPSA) is 61.4 Å². The number of rotatable bonds is 10. The average Bonchev–Trinajstić information content (AvgIpc) is 2.58. The first-order valence-corrected chi connectivity index (χ1v) is 8.46. The highest BCUT2D eigenvalue weighted by Crippen LogP contribution is 2.10. The third kappa shape index (κ3) is 6.40. The average molecular weight is 319 g/mol. The van der Waals surface area contributed by atoms with Crippen molar-refractivity contribution in [3.63, 3.8) is 0 Å². The van der Waals surface area contributed by atoms with Gasteiger partial charge in [-0.05, 0) is 51.1 Å². The Morgan fingerprint density at radius 3 is 2.30 bits per heavy atom. The molecule has 0 unspecified atom stereocenters. The third-order valence-electron chi connectivity index (χ3n) is 3.54. The van der Waals surface area contributed by atoms with Gasteiger partial charge in [-0.1, -0.05) is 19.9 Å². The van der Waals surface area contributed by atoms with Crippen LogP contribution in [0.5, 0.6) is 0 Å². The molecule has 128 valence electrons. The van der Waals surface area contributed by atoms with Crippen LogP contribution in [0.25, 0.3) is 0 Å². The zero-order valence-corrected chi connectivity index (χ0v) is 14.5. The highest BCUT2D eigenvalue weighted by atomic mass is 16.2. The lowest BCUT2D eigenvalue weighted by molar-refractivity contribution is 0.0755. The third-order valence-corrected chi connectivity index (χ3v) is 3.54. The van der Waals surface area contributed by atoms with Gasteiger partial charge in [0.1, 0.15) is 0 Å². The zero-order chi connectivity index (χ0) is 17.1. The van der Waals surface area contributed by atoms with Crippen LogP contribution < -0.4 is 10.6 Å². The molecule has 0 bridgehead atoms.